The molecule has 2 aromatic rings. The third kappa shape index (κ3) is 4.65. The van der Waals surface area contributed by atoms with Crippen LogP contribution in [0.1, 0.15) is 12.8 Å². The largest absolute Gasteiger partial charge is 0.431 e. The third-order valence-electron chi connectivity index (χ3n) is 6.41. The highest BCUT2D eigenvalue weighted by Gasteiger charge is 2.40. The molecule has 0 saturated carbocycles. The standard InChI is InChI=1S/C21H24F5N7O/c22-13-1-3-31(8-13)14-9-33(10-14)17-6-15(12-5-16(34-19(23)24)18(27)28-7-12)29-20(30-17)32-4-2-21(25,26)11-32/h5-7,13-14,19H,1-4,8-11H2,(H2,27,28)/t13-/m0/s1. The highest BCUT2D eigenvalue weighted by atomic mass is 19.3. The number of anilines is 3. The van der Waals surface area contributed by atoms with Gasteiger partial charge in [-0.25, -0.2) is 23.1 Å². The maximum absolute atomic E-state index is 13.9. The SMILES string of the molecule is Nc1ncc(-c2cc(N3CC(N4CC[C@H](F)C4)C3)nc(N3CCC(F)(F)C3)n2)cc1OC(F)F. The predicted octanol–water partition coefficient (Wildman–Crippen LogP) is 2.80. The van der Waals surface area contributed by atoms with Crippen LogP contribution in [0.25, 0.3) is 11.3 Å². The van der Waals surface area contributed by atoms with E-state index >= 15 is 0 Å². The van der Waals surface area contributed by atoms with Gasteiger partial charge in [0.1, 0.15) is 12.0 Å². The average molecular weight is 485 g/mol. The fourth-order valence-corrected chi connectivity index (χ4v) is 4.51. The molecule has 0 aromatic carbocycles. The maximum atomic E-state index is 13.9. The number of alkyl halides is 5. The fourth-order valence-electron chi connectivity index (χ4n) is 4.51. The Morgan fingerprint density at radius 2 is 1.88 bits per heavy atom. The summed E-state index contributed by atoms with van der Waals surface area (Å²) in [4.78, 5) is 18.3. The van der Waals surface area contributed by atoms with E-state index in [0.29, 0.717) is 49.7 Å². The lowest BCUT2D eigenvalue weighted by Crippen LogP contribution is -2.59. The number of likely N-dealkylation sites (tertiary alicyclic amines) is 1. The predicted molar refractivity (Wildman–Crippen MR) is 115 cm³/mol. The lowest BCUT2D eigenvalue weighted by molar-refractivity contribution is -0.0494. The molecule has 3 aliphatic rings. The maximum Gasteiger partial charge on any atom is 0.387 e. The molecule has 13 heteroatoms. The normalized spacial score (nSPS) is 23.1. The molecule has 5 rings (SSSR count). The summed E-state index contributed by atoms with van der Waals surface area (Å²) >= 11 is 0. The van der Waals surface area contributed by atoms with Crippen LogP contribution < -0.4 is 20.3 Å². The second-order valence-corrected chi connectivity index (χ2v) is 8.86. The molecule has 0 amide bonds. The zero-order chi connectivity index (χ0) is 24.0. The van der Waals surface area contributed by atoms with Crippen molar-refractivity contribution in [2.75, 3.05) is 54.8 Å². The number of ether oxygens (including phenoxy) is 1. The molecule has 2 aromatic heterocycles. The number of nitrogen functional groups attached to an aromatic ring is 1. The fraction of sp³-hybridized carbons (Fsp3) is 0.571. The summed E-state index contributed by atoms with van der Waals surface area (Å²) in [5.41, 5.74) is 6.28. The van der Waals surface area contributed by atoms with Gasteiger partial charge in [0.25, 0.3) is 5.92 Å². The van der Waals surface area contributed by atoms with Crippen molar-refractivity contribution in [3.63, 3.8) is 0 Å². The summed E-state index contributed by atoms with van der Waals surface area (Å²) in [5.74, 6) is -2.73. The Morgan fingerprint density at radius 1 is 1.09 bits per heavy atom. The Kier molecular flexibility index (Phi) is 5.82. The van der Waals surface area contributed by atoms with Crippen LogP contribution in [-0.2, 0) is 0 Å². The number of aromatic nitrogens is 3. The summed E-state index contributed by atoms with van der Waals surface area (Å²) in [6.07, 6.45) is 0.754. The summed E-state index contributed by atoms with van der Waals surface area (Å²) in [7, 11) is 0. The smallest absolute Gasteiger partial charge is 0.387 e. The van der Waals surface area contributed by atoms with Crippen molar-refractivity contribution in [3.05, 3.63) is 18.3 Å². The van der Waals surface area contributed by atoms with Crippen molar-refractivity contribution in [3.8, 4) is 17.0 Å². The van der Waals surface area contributed by atoms with E-state index in [-0.39, 0.29) is 36.5 Å². The van der Waals surface area contributed by atoms with Crippen LogP contribution in [0.2, 0.25) is 0 Å². The minimum Gasteiger partial charge on any atom is -0.431 e. The van der Waals surface area contributed by atoms with Gasteiger partial charge in [-0.1, -0.05) is 0 Å². The second kappa shape index (κ2) is 8.67. The molecule has 34 heavy (non-hydrogen) atoms. The van der Waals surface area contributed by atoms with Crippen LogP contribution >= 0.6 is 0 Å². The Balaban J connectivity index is 1.44. The molecule has 0 bridgehead atoms. The van der Waals surface area contributed by atoms with Gasteiger partial charge in [-0.05, 0) is 12.5 Å². The first-order chi connectivity index (χ1) is 16.2. The van der Waals surface area contributed by atoms with Gasteiger partial charge in [0.05, 0.1) is 12.2 Å². The van der Waals surface area contributed by atoms with Gasteiger partial charge >= 0.3 is 6.61 Å². The van der Waals surface area contributed by atoms with E-state index in [1.165, 1.54) is 17.2 Å². The summed E-state index contributed by atoms with van der Waals surface area (Å²) < 4.78 is 71.2. The van der Waals surface area contributed by atoms with E-state index in [1.807, 2.05) is 4.90 Å². The number of hydrogen-bond acceptors (Lipinski definition) is 8. The third-order valence-corrected chi connectivity index (χ3v) is 6.41. The number of hydrogen-bond donors (Lipinski definition) is 1. The Labute approximate surface area is 192 Å². The van der Waals surface area contributed by atoms with E-state index in [2.05, 4.69) is 24.6 Å². The van der Waals surface area contributed by atoms with Crippen LogP contribution in [-0.4, -0.2) is 83.9 Å². The molecule has 1 atom stereocenters. The molecule has 8 nitrogen and oxygen atoms in total. The Morgan fingerprint density at radius 3 is 2.53 bits per heavy atom. The average Bonchev–Trinajstić information content (AvgIpc) is 3.33. The van der Waals surface area contributed by atoms with Gasteiger partial charge < -0.3 is 20.3 Å². The van der Waals surface area contributed by atoms with E-state index in [4.69, 9.17) is 5.73 Å². The van der Waals surface area contributed by atoms with Crippen molar-refractivity contribution in [2.45, 2.75) is 37.6 Å². The zero-order valence-electron chi connectivity index (χ0n) is 18.2. The van der Waals surface area contributed by atoms with Crippen molar-refractivity contribution < 1.29 is 26.7 Å². The molecule has 0 aliphatic carbocycles. The van der Waals surface area contributed by atoms with Gasteiger partial charge in [-0.2, -0.15) is 13.8 Å². The van der Waals surface area contributed by atoms with E-state index in [9.17, 15) is 22.0 Å². The second-order valence-electron chi connectivity index (χ2n) is 8.86. The monoisotopic (exact) mass is 485 g/mol. The molecule has 3 fully saturated rings. The van der Waals surface area contributed by atoms with Crippen molar-refractivity contribution >= 4 is 17.6 Å². The lowest BCUT2D eigenvalue weighted by atomic mass is 10.1. The quantitative estimate of drug-likeness (QED) is 0.626. The first kappa shape index (κ1) is 22.8. The van der Waals surface area contributed by atoms with E-state index in [0.717, 1.165) is 0 Å². The summed E-state index contributed by atoms with van der Waals surface area (Å²) in [6.45, 7) is -1.18. The van der Waals surface area contributed by atoms with Gasteiger partial charge in [0.2, 0.25) is 5.95 Å². The van der Waals surface area contributed by atoms with Crippen LogP contribution in [0.4, 0.5) is 39.5 Å². The van der Waals surface area contributed by atoms with E-state index < -0.39 is 25.3 Å². The molecule has 0 spiro atoms. The topological polar surface area (TPSA) is 83.6 Å². The van der Waals surface area contributed by atoms with Crippen molar-refractivity contribution in [1.29, 1.82) is 0 Å². The highest BCUT2D eigenvalue weighted by molar-refractivity contribution is 5.68. The molecule has 0 radical (unpaired) electrons. The molecule has 184 valence electrons. The zero-order valence-corrected chi connectivity index (χ0v) is 18.2. The van der Waals surface area contributed by atoms with Crippen LogP contribution in [0.3, 0.4) is 0 Å². The molecule has 5 heterocycles. The van der Waals surface area contributed by atoms with Gasteiger partial charge in [0.15, 0.2) is 11.6 Å². The minimum absolute atomic E-state index is 0.0872. The number of nitrogens with zero attached hydrogens (tertiary/aromatic N) is 6. The molecule has 0 unspecified atom stereocenters. The summed E-state index contributed by atoms with van der Waals surface area (Å²) in [5, 5.41) is 0. The van der Waals surface area contributed by atoms with Crippen LogP contribution in [0.15, 0.2) is 18.3 Å². The van der Waals surface area contributed by atoms with Crippen molar-refractivity contribution in [2.24, 2.45) is 0 Å². The number of nitrogens with two attached hydrogens (primary N) is 1. The Hall–Kier alpha value is -2.96. The van der Waals surface area contributed by atoms with Crippen molar-refractivity contribution in [1.82, 2.24) is 19.9 Å². The highest BCUT2D eigenvalue weighted by Crippen LogP contribution is 2.35. The summed E-state index contributed by atoms with van der Waals surface area (Å²) in [6, 6.07) is 3.12. The van der Waals surface area contributed by atoms with Gasteiger partial charge in [0, 0.05) is 63.0 Å². The van der Waals surface area contributed by atoms with Gasteiger partial charge in [-0.3, -0.25) is 4.90 Å². The molecular weight excluding hydrogens is 461 g/mol. The number of pyridine rings is 1. The van der Waals surface area contributed by atoms with E-state index in [1.54, 1.807) is 6.07 Å². The molecule has 3 aliphatic heterocycles. The first-order valence-corrected chi connectivity index (χ1v) is 11.0. The number of halogens is 5. The minimum atomic E-state index is -3.09. The van der Waals surface area contributed by atoms with Crippen LogP contribution in [0, 0.1) is 0 Å². The Bertz CT molecular complexity index is 1050. The molecular formula is C21H24F5N7O. The molecule has 3 saturated heterocycles. The van der Waals surface area contributed by atoms with Crippen LogP contribution in [0.5, 0.6) is 5.75 Å². The number of rotatable bonds is 6. The van der Waals surface area contributed by atoms with Gasteiger partial charge in [-0.15, -0.1) is 0 Å². The first-order valence-electron chi connectivity index (χ1n) is 11.0. The lowest BCUT2D eigenvalue weighted by Gasteiger charge is -2.44. The molecule has 2 N–H and O–H groups in total.